The number of benzene rings is 1. The van der Waals surface area contributed by atoms with Crippen LogP contribution in [0.15, 0.2) is 24.3 Å². The predicted octanol–water partition coefficient (Wildman–Crippen LogP) is 1.96. The second-order valence-corrected chi connectivity index (χ2v) is 5.16. The van der Waals surface area contributed by atoms with Gasteiger partial charge in [-0.15, -0.1) is 0 Å². The lowest BCUT2D eigenvalue weighted by Gasteiger charge is -2.34. The number of carbonyl (C=O) groups is 1. The number of nitrogens with zero attached hydrogens (tertiary/aromatic N) is 1. The Kier molecular flexibility index (Phi) is 4.43. The third-order valence-corrected chi connectivity index (χ3v) is 3.73. The van der Waals surface area contributed by atoms with Crippen molar-refractivity contribution in [3.8, 4) is 0 Å². The Labute approximate surface area is 114 Å². The maximum Gasteiger partial charge on any atom is 0.256 e. The number of rotatable bonds is 3. The van der Waals surface area contributed by atoms with Crippen LogP contribution in [-0.4, -0.2) is 41.7 Å². The van der Waals surface area contributed by atoms with Gasteiger partial charge in [0.15, 0.2) is 0 Å². The number of β-amino-alcohol motifs (C(OH)–C–C–N with tert-alkyl or cyclic N) is 1. The lowest BCUT2D eigenvalue weighted by molar-refractivity contribution is 0.0249. The number of hydrogen-bond acceptors (Lipinski definition) is 3. The molecular weight excluding hydrogens is 240 g/mol. The predicted molar refractivity (Wildman–Crippen MR) is 76.3 cm³/mol. The number of nitrogens with one attached hydrogen (secondary N) is 1. The monoisotopic (exact) mass is 262 g/mol. The number of aliphatic hydroxyl groups excluding tert-OH is 1. The van der Waals surface area contributed by atoms with Crippen molar-refractivity contribution in [3.63, 3.8) is 0 Å². The highest BCUT2D eigenvalue weighted by atomic mass is 16.3. The van der Waals surface area contributed by atoms with Gasteiger partial charge in [-0.1, -0.05) is 19.1 Å². The molecule has 1 fully saturated rings. The number of carbonyl (C=O) groups excluding carboxylic acids is 1. The van der Waals surface area contributed by atoms with Gasteiger partial charge < -0.3 is 15.3 Å². The van der Waals surface area contributed by atoms with Crippen molar-refractivity contribution in [2.45, 2.75) is 26.4 Å². The van der Waals surface area contributed by atoms with Crippen LogP contribution in [0.1, 0.15) is 30.6 Å². The highest BCUT2D eigenvalue weighted by Gasteiger charge is 2.28. The molecule has 2 atom stereocenters. The molecule has 1 aliphatic heterocycles. The van der Waals surface area contributed by atoms with E-state index in [1.807, 2.05) is 38.1 Å². The number of amides is 1. The summed E-state index contributed by atoms with van der Waals surface area (Å²) in [5.41, 5.74) is 1.55. The number of anilines is 1. The zero-order chi connectivity index (χ0) is 13.8. The van der Waals surface area contributed by atoms with Crippen molar-refractivity contribution in [2.75, 3.05) is 25.0 Å². The van der Waals surface area contributed by atoms with Crippen LogP contribution < -0.4 is 5.32 Å². The largest absolute Gasteiger partial charge is 0.391 e. The Morgan fingerprint density at radius 2 is 2.21 bits per heavy atom. The summed E-state index contributed by atoms with van der Waals surface area (Å²) in [6.07, 6.45) is 0.444. The maximum absolute atomic E-state index is 12.5. The minimum Gasteiger partial charge on any atom is -0.391 e. The average molecular weight is 262 g/mol. The minimum atomic E-state index is -0.413. The standard InChI is InChI=1S/C15H22N2O2/c1-3-16-13-7-5-4-6-12(13)15(19)17-9-8-11(2)14(18)10-17/h4-7,11,14,16,18H,3,8-10H2,1-2H3. The molecule has 1 saturated heterocycles. The molecule has 2 rings (SSSR count). The molecule has 1 aromatic carbocycles. The van der Waals surface area contributed by atoms with Gasteiger partial charge in [-0.05, 0) is 31.4 Å². The smallest absolute Gasteiger partial charge is 0.256 e. The van der Waals surface area contributed by atoms with Gasteiger partial charge in [0.2, 0.25) is 0 Å². The van der Waals surface area contributed by atoms with Gasteiger partial charge in [-0.2, -0.15) is 0 Å². The SMILES string of the molecule is CCNc1ccccc1C(=O)N1CCC(C)C(O)C1. The second-order valence-electron chi connectivity index (χ2n) is 5.16. The molecule has 0 saturated carbocycles. The molecule has 2 unspecified atom stereocenters. The third kappa shape index (κ3) is 3.07. The molecule has 2 N–H and O–H groups in total. The van der Waals surface area contributed by atoms with Gasteiger partial charge in [0, 0.05) is 25.3 Å². The molecule has 0 aromatic heterocycles. The molecule has 19 heavy (non-hydrogen) atoms. The van der Waals surface area contributed by atoms with E-state index in [1.54, 1.807) is 4.90 Å². The van der Waals surface area contributed by atoms with E-state index in [2.05, 4.69) is 5.32 Å². The molecule has 1 aromatic rings. The molecule has 0 spiro atoms. The van der Waals surface area contributed by atoms with Gasteiger partial charge in [-0.3, -0.25) is 4.79 Å². The average Bonchev–Trinajstić information content (AvgIpc) is 2.42. The van der Waals surface area contributed by atoms with Gasteiger partial charge in [-0.25, -0.2) is 0 Å². The molecule has 0 aliphatic carbocycles. The summed E-state index contributed by atoms with van der Waals surface area (Å²) in [5.74, 6) is 0.274. The topological polar surface area (TPSA) is 52.6 Å². The van der Waals surface area contributed by atoms with E-state index in [1.165, 1.54) is 0 Å². The third-order valence-electron chi connectivity index (χ3n) is 3.73. The fourth-order valence-corrected chi connectivity index (χ4v) is 2.42. The summed E-state index contributed by atoms with van der Waals surface area (Å²) in [5, 5.41) is 13.1. The van der Waals surface area contributed by atoms with E-state index in [0.29, 0.717) is 12.1 Å². The van der Waals surface area contributed by atoms with Crippen LogP contribution in [0.3, 0.4) is 0 Å². The molecular formula is C15H22N2O2. The van der Waals surface area contributed by atoms with E-state index >= 15 is 0 Å². The summed E-state index contributed by atoms with van der Waals surface area (Å²) >= 11 is 0. The number of likely N-dealkylation sites (tertiary alicyclic amines) is 1. The number of piperidine rings is 1. The van der Waals surface area contributed by atoms with Crippen molar-refractivity contribution in [2.24, 2.45) is 5.92 Å². The van der Waals surface area contributed by atoms with Crippen LogP contribution in [0.4, 0.5) is 5.69 Å². The number of hydrogen-bond donors (Lipinski definition) is 2. The van der Waals surface area contributed by atoms with Crippen molar-refractivity contribution in [3.05, 3.63) is 29.8 Å². The molecule has 4 heteroatoms. The fourth-order valence-electron chi connectivity index (χ4n) is 2.42. The molecule has 0 bridgehead atoms. The summed E-state index contributed by atoms with van der Waals surface area (Å²) in [6, 6.07) is 7.55. The zero-order valence-corrected chi connectivity index (χ0v) is 11.6. The van der Waals surface area contributed by atoms with Gasteiger partial charge in [0.05, 0.1) is 11.7 Å². The Bertz CT molecular complexity index is 448. The lowest BCUT2D eigenvalue weighted by atomic mass is 9.95. The first-order valence-corrected chi connectivity index (χ1v) is 6.93. The first-order valence-electron chi connectivity index (χ1n) is 6.93. The maximum atomic E-state index is 12.5. The summed E-state index contributed by atoms with van der Waals surface area (Å²) in [7, 11) is 0. The van der Waals surface area contributed by atoms with Crippen LogP contribution in [0, 0.1) is 5.92 Å². The lowest BCUT2D eigenvalue weighted by Crippen LogP contribution is -2.45. The highest BCUT2D eigenvalue weighted by Crippen LogP contribution is 2.22. The van der Waals surface area contributed by atoms with Crippen LogP contribution in [-0.2, 0) is 0 Å². The zero-order valence-electron chi connectivity index (χ0n) is 11.6. The quantitative estimate of drug-likeness (QED) is 0.875. The molecule has 1 heterocycles. The van der Waals surface area contributed by atoms with Gasteiger partial charge in [0.1, 0.15) is 0 Å². The van der Waals surface area contributed by atoms with Gasteiger partial charge >= 0.3 is 0 Å². The molecule has 1 amide bonds. The van der Waals surface area contributed by atoms with Crippen LogP contribution in [0.2, 0.25) is 0 Å². The number of aliphatic hydroxyl groups is 1. The van der Waals surface area contributed by atoms with Crippen molar-refractivity contribution < 1.29 is 9.90 Å². The van der Waals surface area contributed by atoms with E-state index in [9.17, 15) is 9.90 Å². The van der Waals surface area contributed by atoms with Gasteiger partial charge in [0.25, 0.3) is 5.91 Å². The van der Waals surface area contributed by atoms with Crippen LogP contribution in [0.5, 0.6) is 0 Å². The molecule has 1 aliphatic rings. The summed E-state index contributed by atoms with van der Waals surface area (Å²) in [4.78, 5) is 14.3. The Hall–Kier alpha value is -1.55. The molecule has 4 nitrogen and oxygen atoms in total. The highest BCUT2D eigenvalue weighted by molar-refractivity contribution is 5.99. The van der Waals surface area contributed by atoms with E-state index in [0.717, 1.165) is 25.2 Å². The Morgan fingerprint density at radius 1 is 1.47 bits per heavy atom. The normalized spacial score (nSPS) is 23.2. The molecule has 104 valence electrons. The second kappa shape index (κ2) is 6.06. The summed E-state index contributed by atoms with van der Waals surface area (Å²) < 4.78 is 0. The summed E-state index contributed by atoms with van der Waals surface area (Å²) in [6.45, 7) is 5.97. The van der Waals surface area contributed by atoms with Crippen LogP contribution in [0.25, 0.3) is 0 Å². The van der Waals surface area contributed by atoms with E-state index < -0.39 is 6.10 Å². The van der Waals surface area contributed by atoms with Crippen molar-refractivity contribution >= 4 is 11.6 Å². The number of para-hydroxylation sites is 1. The van der Waals surface area contributed by atoms with Crippen LogP contribution >= 0.6 is 0 Å². The molecule has 0 radical (unpaired) electrons. The van der Waals surface area contributed by atoms with Crippen molar-refractivity contribution in [1.82, 2.24) is 4.90 Å². The Balaban J connectivity index is 2.15. The first kappa shape index (κ1) is 13.9. The van der Waals surface area contributed by atoms with E-state index in [4.69, 9.17) is 0 Å². The van der Waals surface area contributed by atoms with E-state index in [-0.39, 0.29) is 11.8 Å². The minimum absolute atomic E-state index is 0.00231. The fraction of sp³-hybridized carbons (Fsp3) is 0.533. The Morgan fingerprint density at radius 3 is 2.89 bits per heavy atom. The first-order chi connectivity index (χ1) is 9.13. The van der Waals surface area contributed by atoms with Crippen molar-refractivity contribution in [1.29, 1.82) is 0 Å².